The number of rotatable bonds is 0. The highest BCUT2D eigenvalue weighted by Crippen LogP contribution is 2.39. The minimum Gasteiger partial charge on any atom is -0.359 e. The topological polar surface area (TPSA) is 30.5 Å². The lowest BCUT2D eigenvalue weighted by Gasteiger charge is -2.35. The molecular formula is C12H15NO2. The number of hydrogen-bond donors (Lipinski definition) is 1. The van der Waals surface area contributed by atoms with Gasteiger partial charge in [-0.15, -0.1) is 0 Å². The molecule has 0 saturated carbocycles. The quantitative estimate of drug-likeness (QED) is 0.654. The molecule has 3 rings (SSSR count). The highest BCUT2D eigenvalue weighted by molar-refractivity contribution is 5.39. The molecule has 15 heavy (non-hydrogen) atoms. The predicted octanol–water partition coefficient (Wildman–Crippen LogP) is 1.84. The fourth-order valence-corrected chi connectivity index (χ4v) is 2.44. The molecule has 0 aromatic rings. The number of nitrogens with one attached hydrogen (secondary N) is 1. The largest absolute Gasteiger partial charge is 0.359 e. The summed E-state index contributed by atoms with van der Waals surface area (Å²) in [6.45, 7) is 5.36. The summed E-state index contributed by atoms with van der Waals surface area (Å²) < 4.78 is 11.4. The van der Waals surface area contributed by atoms with Crippen molar-refractivity contribution >= 4 is 0 Å². The molecular weight excluding hydrogens is 190 g/mol. The van der Waals surface area contributed by atoms with Gasteiger partial charge in [-0.25, -0.2) is 0 Å². The molecule has 0 atom stereocenters. The molecule has 0 radical (unpaired) electrons. The van der Waals surface area contributed by atoms with Gasteiger partial charge in [0.25, 0.3) is 0 Å². The van der Waals surface area contributed by atoms with E-state index < -0.39 is 0 Å². The fraction of sp³-hybridized carbons (Fsp3) is 0.500. The molecule has 3 aliphatic rings. The minimum atomic E-state index is -0.330. The van der Waals surface area contributed by atoms with E-state index in [-0.39, 0.29) is 5.79 Å². The van der Waals surface area contributed by atoms with Crippen LogP contribution in [-0.4, -0.2) is 19.0 Å². The summed E-state index contributed by atoms with van der Waals surface area (Å²) in [7, 11) is 0. The van der Waals surface area contributed by atoms with E-state index >= 15 is 0 Å². The van der Waals surface area contributed by atoms with Gasteiger partial charge in [-0.3, -0.25) is 0 Å². The molecule has 0 bridgehead atoms. The van der Waals surface area contributed by atoms with Crippen LogP contribution in [0.4, 0.5) is 0 Å². The first-order chi connectivity index (χ1) is 7.27. The number of allylic oxidation sites excluding steroid dienone is 3. The van der Waals surface area contributed by atoms with Crippen molar-refractivity contribution in [2.75, 3.05) is 13.2 Å². The molecule has 1 spiro atoms. The Labute approximate surface area is 89.4 Å². The zero-order chi connectivity index (χ0) is 10.3. The van der Waals surface area contributed by atoms with Crippen LogP contribution in [-0.2, 0) is 9.47 Å². The summed E-state index contributed by atoms with van der Waals surface area (Å²) in [5, 5.41) is 3.31. The fourth-order valence-electron chi connectivity index (χ4n) is 2.44. The average Bonchev–Trinajstić information content (AvgIpc) is 2.67. The summed E-state index contributed by atoms with van der Waals surface area (Å²) in [4.78, 5) is 0. The second-order valence-electron chi connectivity index (χ2n) is 4.27. The minimum absolute atomic E-state index is 0.330. The first-order valence-corrected chi connectivity index (χ1v) is 5.41. The van der Waals surface area contributed by atoms with Crippen LogP contribution in [0.2, 0.25) is 0 Å². The maximum absolute atomic E-state index is 5.72. The van der Waals surface area contributed by atoms with E-state index in [0.717, 1.165) is 38.2 Å². The van der Waals surface area contributed by atoms with Gasteiger partial charge in [-0.05, 0) is 18.1 Å². The van der Waals surface area contributed by atoms with Crippen molar-refractivity contribution in [3.8, 4) is 0 Å². The summed E-state index contributed by atoms with van der Waals surface area (Å²) in [6, 6.07) is 0. The summed E-state index contributed by atoms with van der Waals surface area (Å²) in [5.41, 5.74) is 3.56. The van der Waals surface area contributed by atoms with Gasteiger partial charge in [-0.1, -0.05) is 12.7 Å². The lowest BCUT2D eigenvalue weighted by atomic mass is 9.89. The van der Waals surface area contributed by atoms with Crippen LogP contribution >= 0.6 is 0 Å². The molecule has 0 aromatic carbocycles. The van der Waals surface area contributed by atoms with Gasteiger partial charge in [0.1, 0.15) is 0 Å². The van der Waals surface area contributed by atoms with Crippen LogP contribution in [0.5, 0.6) is 0 Å². The van der Waals surface area contributed by atoms with Crippen molar-refractivity contribution in [3.63, 3.8) is 0 Å². The molecule has 2 aliphatic heterocycles. The molecule has 0 unspecified atom stereocenters. The molecule has 80 valence electrons. The first kappa shape index (κ1) is 9.19. The maximum atomic E-state index is 5.72. The summed E-state index contributed by atoms with van der Waals surface area (Å²) in [6.07, 6.45) is 6.92. The highest BCUT2D eigenvalue weighted by atomic mass is 16.7. The van der Waals surface area contributed by atoms with Crippen molar-refractivity contribution < 1.29 is 9.47 Å². The lowest BCUT2D eigenvalue weighted by Crippen LogP contribution is -2.36. The smallest absolute Gasteiger partial charge is 0.172 e. The van der Waals surface area contributed by atoms with Crippen LogP contribution in [0.15, 0.2) is 35.7 Å². The van der Waals surface area contributed by atoms with Crippen molar-refractivity contribution in [1.29, 1.82) is 0 Å². The van der Waals surface area contributed by atoms with E-state index in [1.165, 1.54) is 11.3 Å². The zero-order valence-corrected chi connectivity index (χ0v) is 8.71. The van der Waals surface area contributed by atoms with Crippen molar-refractivity contribution in [3.05, 3.63) is 35.7 Å². The molecule has 3 heteroatoms. The SMILES string of the molecule is C=C1C=CC2=C(CCC3(C2)OCCO3)N1. The third kappa shape index (κ3) is 1.52. The van der Waals surface area contributed by atoms with Gasteiger partial charge in [0, 0.05) is 24.2 Å². The van der Waals surface area contributed by atoms with E-state index in [1.54, 1.807) is 0 Å². The second-order valence-corrected chi connectivity index (χ2v) is 4.27. The Bertz CT molecular complexity index is 362. The van der Waals surface area contributed by atoms with E-state index in [9.17, 15) is 0 Å². The van der Waals surface area contributed by atoms with Crippen molar-refractivity contribution in [1.82, 2.24) is 5.32 Å². The molecule has 2 heterocycles. The number of ether oxygens (including phenoxy) is 2. The summed E-state index contributed by atoms with van der Waals surface area (Å²) >= 11 is 0. The van der Waals surface area contributed by atoms with E-state index in [0.29, 0.717) is 0 Å². The third-order valence-electron chi connectivity index (χ3n) is 3.21. The zero-order valence-electron chi connectivity index (χ0n) is 8.71. The van der Waals surface area contributed by atoms with Gasteiger partial charge < -0.3 is 14.8 Å². The highest BCUT2D eigenvalue weighted by Gasteiger charge is 2.40. The molecule has 0 amide bonds. The second kappa shape index (κ2) is 3.22. The van der Waals surface area contributed by atoms with Crippen LogP contribution < -0.4 is 5.32 Å². The normalized spacial score (nSPS) is 28.1. The summed E-state index contributed by atoms with van der Waals surface area (Å²) in [5.74, 6) is -0.330. The van der Waals surface area contributed by atoms with Gasteiger partial charge in [0.05, 0.1) is 13.2 Å². The van der Waals surface area contributed by atoms with Gasteiger partial charge in [-0.2, -0.15) is 0 Å². The van der Waals surface area contributed by atoms with Gasteiger partial charge in [0.15, 0.2) is 5.79 Å². The van der Waals surface area contributed by atoms with Crippen molar-refractivity contribution in [2.45, 2.75) is 25.0 Å². The van der Waals surface area contributed by atoms with E-state index in [4.69, 9.17) is 9.47 Å². The van der Waals surface area contributed by atoms with Crippen LogP contribution in [0.25, 0.3) is 0 Å². The molecule has 1 fully saturated rings. The van der Waals surface area contributed by atoms with Crippen LogP contribution in [0.3, 0.4) is 0 Å². The van der Waals surface area contributed by atoms with E-state index in [2.05, 4.69) is 18.0 Å². The lowest BCUT2D eigenvalue weighted by molar-refractivity contribution is -0.163. The van der Waals surface area contributed by atoms with Crippen molar-refractivity contribution in [2.24, 2.45) is 0 Å². The third-order valence-corrected chi connectivity index (χ3v) is 3.21. The first-order valence-electron chi connectivity index (χ1n) is 5.41. The molecule has 1 N–H and O–H groups in total. The molecule has 3 nitrogen and oxygen atoms in total. The molecule has 1 saturated heterocycles. The standard InChI is InChI=1S/C12H15NO2/c1-9-2-3-10-8-12(14-6-7-15-12)5-4-11(10)13-9/h2-3,13H,1,4-8H2. The Morgan fingerprint density at radius 1 is 1.27 bits per heavy atom. The Morgan fingerprint density at radius 3 is 2.87 bits per heavy atom. The number of dihydropyridines is 1. The Hall–Kier alpha value is -1.06. The predicted molar refractivity (Wildman–Crippen MR) is 56.9 cm³/mol. The van der Waals surface area contributed by atoms with Gasteiger partial charge >= 0.3 is 0 Å². The number of hydrogen-bond acceptors (Lipinski definition) is 3. The Morgan fingerprint density at radius 2 is 2.07 bits per heavy atom. The average molecular weight is 205 g/mol. The molecule has 0 aromatic heterocycles. The monoisotopic (exact) mass is 205 g/mol. The Balaban J connectivity index is 1.85. The maximum Gasteiger partial charge on any atom is 0.172 e. The van der Waals surface area contributed by atoms with Crippen LogP contribution in [0.1, 0.15) is 19.3 Å². The molecule has 1 aliphatic carbocycles. The van der Waals surface area contributed by atoms with Crippen LogP contribution in [0, 0.1) is 0 Å². The van der Waals surface area contributed by atoms with Gasteiger partial charge in [0.2, 0.25) is 0 Å². The Kier molecular flexibility index (Phi) is 1.97. The van der Waals surface area contributed by atoms with E-state index in [1.807, 2.05) is 6.08 Å².